The van der Waals surface area contributed by atoms with E-state index in [2.05, 4.69) is 38.3 Å². The fourth-order valence-electron chi connectivity index (χ4n) is 2.26. The molecule has 1 heterocycles. The standard InChI is InChI=1S/C17H15BrClN3OS/c1-22-16(14-9-13(19)7-8-15(14)23-2)20-21-17(22)24-10-11-3-5-12(18)6-4-11/h3-9H,10H2,1-2H3. The summed E-state index contributed by atoms with van der Waals surface area (Å²) in [6.45, 7) is 0. The summed E-state index contributed by atoms with van der Waals surface area (Å²) in [4.78, 5) is 0. The molecule has 0 saturated carbocycles. The van der Waals surface area contributed by atoms with Crippen LogP contribution in [0, 0.1) is 0 Å². The van der Waals surface area contributed by atoms with Gasteiger partial charge in [-0.05, 0) is 35.9 Å². The van der Waals surface area contributed by atoms with E-state index in [1.807, 2.05) is 35.9 Å². The number of aromatic nitrogens is 3. The lowest BCUT2D eigenvalue weighted by atomic mass is 10.2. The van der Waals surface area contributed by atoms with Crippen molar-refractivity contribution in [3.8, 4) is 17.1 Å². The zero-order chi connectivity index (χ0) is 17.1. The first-order valence-electron chi connectivity index (χ1n) is 7.19. The molecule has 7 heteroatoms. The number of benzene rings is 2. The summed E-state index contributed by atoms with van der Waals surface area (Å²) in [5.74, 6) is 2.28. The molecule has 0 fully saturated rings. The molecule has 24 heavy (non-hydrogen) atoms. The summed E-state index contributed by atoms with van der Waals surface area (Å²) >= 11 is 11.2. The SMILES string of the molecule is COc1ccc(Cl)cc1-c1nnc(SCc2ccc(Br)cc2)n1C. The van der Waals surface area contributed by atoms with Crippen LogP contribution >= 0.6 is 39.3 Å². The molecular weight excluding hydrogens is 410 g/mol. The summed E-state index contributed by atoms with van der Waals surface area (Å²) in [6, 6.07) is 13.7. The summed E-state index contributed by atoms with van der Waals surface area (Å²) in [6.07, 6.45) is 0. The van der Waals surface area contributed by atoms with Gasteiger partial charge in [0.25, 0.3) is 0 Å². The van der Waals surface area contributed by atoms with Crippen LogP contribution in [0.5, 0.6) is 5.75 Å². The van der Waals surface area contributed by atoms with Crippen molar-refractivity contribution < 1.29 is 4.74 Å². The van der Waals surface area contributed by atoms with E-state index >= 15 is 0 Å². The monoisotopic (exact) mass is 423 g/mol. The fourth-order valence-corrected chi connectivity index (χ4v) is 3.56. The Morgan fingerprint density at radius 3 is 2.62 bits per heavy atom. The average Bonchev–Trinajstić information content (AvgIpc) is 2.95. The largest absolute Gasteiger partial charge is 0.496 e. The Balaban J connectivity index is 1.84. The molecule has 0 aliphatic carbocycles. The third kappa shape index (κ3) is 3.77. The molecule has 3 rings (SSSR count). The van der Waals surface area contributed by atoms with E-state index in [0.29, 0.717) is 5.02 Å². The first kappa shape index (κ1) is 17.3. The minimum absolute atomic E-state index is 0.637. The molecule has 0 aliphatic rings. The van der Waals surface area contributed by atoms with Crippen LogP contribution in [0.4, 0.5) is 0 Å². The Bertz CT molecular complexity index is 852. The van der Waals surface area contributed by atoms with Gasteiger partial charge in [-0.15, -0.1) is 10.2 Å². The first-order chi connectivity index (χ1) is 11.6. The Labute approximate surface area is 158 Å². The third-order valence-corrected chi connectivity index (χ3v) is 5.37. The molecule has 0 amide bonds. The van der Waals surface area contributed by atoms with Crippen molar-refractivity contribution in [3.63, 3.8) is 0 Å². The normalized spacial score (nSPS) is 10.8. The zero-order valence-electron chi connectivity index (χ0n) is 13.2. The van der Waals surface area contributed by atoms with Crippen molar-refractivity contribution in [1.29, 1.82) is 0 Å². The smallest absolute Gasteiger partial charge is 0.191 e. The molecule has 0 saturated heterocycles. The second-order valence-electron chi connectivity index (χ2n) is 5.12. The highest BCUT2D eigenvalue weighted by Crippen LogP contribution is 2.33. The predicted molar refractivity (Wildman–Crippen MR) is 102 cm³/mol. The Hall–Kier alpha value is -1.50. The van der Waals surface area contributed by atoms with Crippen molar-refractivity contribution in [1.82, 2.24) is 14.8 Å². The lowest BCUT2D eigenvalue weighted by molar-refractivity contribution is 0.416. The van der Waals surface area contributed by atoms with Crippen molar-refractivity contribution in [2.24, 2.45) is 7.05 Å². The molecule has 2 aromatic carbocycles. The van der Waals surface area contributed by atoms with Gasteiger partial charge in [0.1, 0.15) is 5.75 Å². The van der Waals surface area contributed by atoms with Crippen LogP contribution in [0.15, 0.2) is 52.1 Å². The van der Waals surface area contributed by atoms with Gasteiger partial charge in [-0.25, -0.2) is 0 Å². The number of thioether (sulfide) groups is 1. The zero-order valence-corrected chi connectivity index (χ0v) is 16.3. The number of nitrogens with zero attached hydrogens (tertiary/aromatic N) is 3. The molecule has 0 spiro atoms. The quantitative estimate of drug-likeness (QED) is 0.528. The topological polar surface area (TPSA) is 39.9 Å². The van der Waals surface area contributed by atoms with E-state index < -0.39 is 0 Å². The van der Waals surface area contributed by atoms with Crippen molar-refractivity contribution in [2.45, 2.75) is 10.9 Å². The maximum Gasteiger partial charge on any atom is 0.191 e. The van der Waals surface area contributed by atoms with Gasteiger partial charge in [0, 0.05) is 22.3 Å². The van der Waals surface area contributed by atoms with Crippen molar-refractivity contribution >= 4 is 39.3 Å². The van der Waals surface area contributed by atoms with Crippen molar-refractivity contribution in [3.05, 3.63) is 57.5 Å². The summed E-state index contributed by atoms with van der Waals surface area (Å²) in [5, 5.41) is 10.1. The molecule has 0 bridgehead atoms. The fraction of sp³-hybridized carbons (Fsp3) is 0.176. The second-order valence-corrected chi connectivity index (χ2v) is 7.42. The number of halogens is 2. The average molecular weight is 425 g/mol. The highest BCUT2D eigenvalue weighted by atomic mass is 79.9. The van der Waals surface area contributed by atoms with Crippen LogP contribution in [0.1, 0.15) is 5.56 Å². The van der Waals surface area contributed by atoms with Gasteiger partial charge in [0.15, 0.2) is 11.0 Å². The maximum absolute atomic E-state index is 6.11. The Kier molecular flexibility index (Phi) is 5.48. The molecule has 124 valence electrons. The van der Waals surface area contributed by atoms with E-state index in [4.69, 9.17) is 16.3 Å². The maximum atomic E-state index is 6.11. The molecule has 0 N–H and O–H groups in total. The number of ether oxygens (including phenoxy) is 1. The highest BCUT2D eigenvalue weighted by Gasteiger charge is 2.15. The van der Waals surface area contributed by atoms with E-state index in [1.54, 1.807) is 24.9 Å². The summed E-state index contributed by atoms with van der Waals surface area (Å²) in [7, 11) is 3.58. The Morgan fingerprint density at radius 1 is 1.17 bits per heavy atom. The molecule has 0 radical (unpaired) electrons. The van der Waals surface area contributed by atoms with Crippen LogP contribution < -0.4 is 4.74 Å². The van der Waals surface area contributed by atoms with Gasteiger partial charge in [-0.1, -0.05) is 51.4 Å². The first-order valence-corrected chi connectivity index (χ1v) is 9.34. The predicted octanol–water partition coefficient (Wildman–Crippen LogP) is 5.20. The minimum atomic E-state index is 0.637. The van der Waals surface area contributed by atoms with E-state index in [-0.39, 0.29) is 0 Å². The van der Waals surface area contributed by atoms with Crippen LogP contribution in [-0.4, -0.2) is 21.9 Å². The number of hydrogen-bond acceptors (Lipinski definition) is 4. The Morgan fingerprint density at radius 2 is 1.92 bits per heavy atom. The second kappa shape index (κ2) is 7.59. The van der Waals surface area contributed by atoms with Gasteiger partial charge in [-0.3, -0.25) is 0 Å². The number of rotatable bonds is 5. The number of hydrogen-bond donors (Lipinski definition) is 0. The molecule has 3 aromatic rings. The van der Waals surface area contributed by atoms with Gasteiger partial charge in [0.2, 0.25) is 0 Å². The van der Waals surface area contributed by atoms with Crippen LogP contribution in [0.2, 0.25) is 5.02 Å². The minimum Gasteiger partial charge on any atom is -0.496 e. The third-order valence-electron chi connectivity index (χ3n) is 3.52. The van der Waals surface area contributed by atoms with E-state index in [9.17, 15) is 0 Å². The van der Waals surface area contributed by atoms with Crippen LogP contribution in [-0.2, 0) is 12.8 Å². The molecular formula is C17H15BrClN3OS. The summed E-state index contributed by atoms with van der Waals surface area (Å²) < 4.78 is 8.44. The lowest BCUT2D eigenvalue weighted by Gasteiger charge is -2.09. The van der Waals surface area contributed by atoms with Crippen LogP contribution in [0.25, 0.3) is 11.4 Å². The van der Waals surface area contributed by atoms with E-state index in [1.165, 1.54) is 5.56 Å². The molecule has 0 atom stereocenters. The lowest BCUT2D eigenvalue weighted by Crippen LogP contribution is -1.97. The molecule has 4 nitrogen and oxygen atoms in total. The van der Waals surface area contributed by atoms with Gasteiger partial charge >= 0.3 is 0 Å². The highest BCUT2D eigenvalue weighted by molar-refractivity contribution is 9.10. The van der Waals surface area contributed by atoms with Crippen molar-refractivity contribution in [2.75, 3.05) is 7.11 Å². The summed E-state index contributed by atoms with van der Waals surface area (Å²) in [5.41, 5.74) is 2.06. The molecule has 0 aliphatic heterocycles. The van der Waals surface area contributed by atoms with Gasteiger partial charge in [-0.2, -0.15) is 0 Å². The van der Waals surface area contributed by atoms with Gasteiger partial charge < -0.3 is 9.30 Å². The van der Waals surface area contributed by atoms with E-state index in [0.717, 1.165) is 32.5 Å². The molecule has 1 aromatic heterocycles. The number of methoxy groups -OCH3 is 1. The molecule has 0 unspecified atom stereocenters. The van der Waals surface area contributed by atoms with Crippen LogP contribution in [0.3, 0.4) is 0 Å². The van der Waals surface area contributed by atoms with Gasteiger partial charge in [0.05, 0.1) is 12.7 Å².